The Morgan fingerprint density at radius 2 is 1.87 bits per heavy atom. The van der Waals surface area contributed by atoms with Gasteiger partial charge in [0.1, 0.15) is 12.4 Å². The summed E-state index contributed by atoms with van der Waals surface area (Å²) in [5, 5.41) is 11.5. The number of carbonyl (C=O) groups is 1. The minimum absolute atomic E-state index is 0.380. The summed E-state index contributed by atoms with van der Waals surface area (Å²) in [4.78, 5) is 10.4. The molecule has 0 aliphatic heterocycles. The molecule has 2 aromatic rings. The first-order chi connectivity index (χ1) is 7.31. The molecule has 2 nitrogen and oxygen atoms in total. The van der Waals surface area contributed by atoms with Crippen LogP contribution in [-0.2, 0) is 11.2 Å². The lowest BCUT2D eigenvalue weighted by Gasteiger charge is -2.07. The highest BCUT2D eigenvalue weighted by Gasteiger charge is 2.06. The summed E-state index contributed by atoms with van der Waals surface area (Å²) in [5.74, 6) is 0. The Kier molecular flexibility index (Phi) is 2.79. The second-order valence-electron chi connectivity index (χ2n) is 3.55. The summed E-state index contributed by atoms with van der Waals surface area (Å²) in [6.07, 6.45) is 0.0444. The van der Waals surface area contributed by atoms with Crippen LogP contribution in [0.2, 0.25) is 0 Å². The number of aldehydes is 1. The maximum atomic E-state index is 10.4. The average molecular weight is 200 g/mol. The molecule has 0 saturated carbocycles. The van der Waals surface area contributed by atoms with E-state index >= 15 is 0 Å². The van der Waals surface area contributed by atoms with Crippen LogP contribution in [0, 0.1) is 0 Å². The van der Waals surface area contributed by atoms with Crippen LogP contribution in [0.5, 0.6) is 0 Å². The van der Waals surface area contributed by atoms with E-state index in [9.17, 15) is 9.90 Å². The van der Waals surface area contributed by atoms with E-state index in [1.54, 1.807) is 0 Å². The number of benzene rings is 2. The van der Waals surface area contributed by atoms with Gasteiger partial charge in [0.2, 0.25) is 0 Å². The lowest BCUT2D eigenvalue weighted by molar-refractivity contribution is -0.114. The molecule has 1 N–H and O–H groups in total. The number of fused-ring (bicyclic) bond motifs is 1. The average Bonchev–Trinajstić information content (AvgIpc) is 2.29. The van der Waals surface area contributed by atoms with Gasteiger partial charge in [0.25, 0.3) is 0 Å². The fourth-order valence-corrected chi connectivity index (χ4v) is 1.74. The van der Waals surface area contributed by atoms with E-state index in [0.717, 1.165) is 16.3 Å². The summed E-state index contributed by atoms with van der Waals surface area (Å²) in [6, 6.07) is 13.9. The molecule has 76 valence electrons. The van der Waals surface area contributed by atoms with Gasteiger partial charge in [-0.2, -0.15) is 0 Å². The van der Waals surface area contributed by atoms with Crippen molar-refractivity contribution in [3.05, 3.63) is 48.0 Å². The fourth-order valence-electron chi connectivity index (χ4n) is 1.74. The molecule has 2 rings (SSSR count). The first-order valence-corrected chi connectivity index (χ1v) is 4.91. The molecular weight excluding hydrogens is 188 g/mol. The molecule has 0 unspecified atom stereocenters. The lowest BCUT2D eigenvalue weighted by atomic mass is 10.0. The molecule has 2 aromatic carbocycles. The normalized spacial score (nSPS) is 12.6. The summed E-state index contributed by atoms with van der Waals surface area (Å²) < 4.78 is 0. The van der Waals surface area contributed by atoms with Gasteiger partial charge >= 0.3 is 0 Å². The highest BCUT2D eigenvalue weighted by Crippen LogP contribution is 2.19. The molecule has 0 amide bonds. The Balaban J connectivity index is 2.46. The second-order valence-corrected chi connectivity index (χ2v) is 3.55. The van der Waals surface area contributed by atoms with E-state index in [2.05, 4.69) is 0 Å². The zero-order valence-corrected chi connectivity index (χ0v) is 8.26. The zero-order valence-electron chi connectivity index (χ0n) is 8.26. The molecule has 0 bridgehead atoms. The summed E-state index contributed by atoms with van der Waals surface area (Å²) in [7, 11) is 0. The quantitative estimate of drug-likeness (QED) is 0.769. The van der Waals surface area contributed by atoms with Gasteiger partial charge in [-0.05, 0) is 16.3 Å². The molecule has 15 heavy (non-hydrogen) atoms. The van der Waals surface area contributed by atoms with Crippen molar-refractivity contribution in [1.82, 2.24) is 0 Å². The van der Waals surface area contributed by atoms with Gasteiger partial charge in [-0.3, -0.25) is 0 Å². The van der Waals surface area contributed by atoms with Crippen molar-refractivity contribution in [2.24, 2.45) is 0 Å². The van der Waals surface area contributed by atoms with Crippen molar-refractivity contribution in [1.29, 1.82) is 0 Å². The first kappa shape index (κ1) is 9.87. The van der Waals surface area contributed by atoms with Crippen molar-refractivity contribution < 1.29 is 9.90 Å². The third-order valence-electron chi connectivity index (χ3n) is 2.47. The molecule has 0 aromatic heterocycles. The third kappa shape index (κ3) is 2.05. The molecular formula is C13H12O2. The lowest BCUT2D eigenvalue weighted by Crippen LogP contribution is -2.11. The highest BCUT2D eigenvalue weighted by molar-refractivity contribution is 5.85. The largest absolute Gasteiger partial charge is 0.385 e. The minimum Gasteiger partial charge on any atom is -0.385 e. The molecule has 0 aliphatic rings. The van der Waals surface area contributed by atoms with Crippen LogP contribution in [0.25, 0.3) is 10.8 Å². The molecule has 0 spiro atoms. The van der Waals surface area contributed by atoms with E-state index in [1.807, 2.05) is 42.5 Å². The minimum atomic E-state index is -0.907. The maximum absolute atomic E-state index is 10.4. The van der Waals surface area contributed by atoms with E-state index < -0.39 is 6.10 Å². The Bertz CT molecular complexity index is 471. The first-order valence-electron chi connectivity index (χ1n) is 4.91. The van der Waals surface area contributed by atoms with Crippen LogP contribution in [0.3, 0.4) is 0 Å². The number of aliphatic hydroxyl groups is 1. The SMILES string of the molecule is O=C[C@@H](O)Cc1cccc2ccccc12. The highest BCUT2D eigenvalue weighted by atomic mass is 16.3. The van der Waals surface area contributed by atoms with Gasteiger partial charge in [-0.25, -0.2) is 0 Å². The predicted molar refractivity (Wildman–Crippen MR) is 59.7 cm³/mol. The Morgan fingerprint density at radius 3 is 2.67 bits per heavy atom. The maximum Gasteiger partial charge on any atom is 0.148 e. The van der Waals surface area contributed by atoms with Gasteiger partial charge in [-0.15, -0.1) is 0 Å². The summed E-state index contributed by atoms with van der Waals surface area (Å²) >= 11 is 0. The molecule has 2 heteroatoms. The standard InChI is InChI=1S/C13H12O2/c14-9-12(15)8-11-6-3-5-10-4-1-2-7-13(10)11/h1-7,9,12,15H,8H2/t12-/m0/s1. The van der Waals surface area contributed by atoms with E-state index in [-0.39, 0.29) is 0 Å². The second kappa shape index (κ2) is 4.24. The number of hydrogen-bond acceptors (Lipinski definition) is 2. The number of rotatable bonds is 3. The molecule has 0 radical (unpaired) electrons. The molecule has 0 saturated heterocycles. The zero-order chi connectivity index (χ0) is 10.7. The molecule has 1 atom stereocenters. The Labute approximate surface area is 88.2 Å². The van der Waals surface area contributed by atoms with Gasteiger partial charge in [-0.1, -0.05) is 42.5 Å². The molecule has 0 aliphatic carbocycles. The Morgan fingerprint density at radius 1 is 1.13 bits per heavy atom. The number of hydrogen-bond donors (Lipinski definition) is 1. The number of aliphatic hydroxyl groups excluding tert-OH is 1. The van der Waals surface area contributed by atoms with Crippen LogP contribution >= 0.6 is 0 Å². The van der Waals surface area contributed by atoms with Crippen molar-refractivity contribution in [2.45, 2.75) is 12.5 Å². The van der Waals surface area contributed by atoms with E-state index in [1.165, 1.54) is 0 Å². The Hall–Kier alpha value is -1.67. The number of carbonyl (C=O) groups excluding carboxylic acids is 1. The van der Waals surface area contributed by atoms with Crippen LogP contribution in [0.1, 0.15) is 5.56 Å². The predicted octanol–water partition coefficient (Wildman–Crippen LogP) is 1.94. The van der Waals surface area contributed by atoms with E-state index in [4.69, 9.17) is 0 Å². The molecule has 0 fully saturated rings. The van der Waals surface area contributed by atoms with Gasteiger partial charge in [0.15, 0.2) is 0 Å². The van der Waals surface area contributed by atoms with Crippen LogP contribution in [0.15, 0.2) is 42.5 Å². The molecule has 0 heterocycles. The smallest absolute Gasteiger partial charge is 0.148 e. The van der Waals surface area contributed by atoms with E-state index in [0.29, 0.717) is 12.7 Å². The van der Waals surface area contributed by atoms with Crippen LogP contribution < -0.4 is 0 Å². The van der Waals surface area contributed by atoms with Crippen molar-refractivity contribution >= 4 is 17.1 Å². The third-order valence-corrected chi connectivity index (χ3v) is 2.47. The topological polar surface area (TPSA) is 37.3 Å². The van der Waals surface area contributed by atoms with Crippen molar-refractivity contribution in [3.63, 3.8) is 0 Å². The van der Waals surface area contributed by atoms with Crippen LogP contribution in [0.4, 0.5) is 0 Å². The van der Waals surface area contributed by atoms with Crippen molar-refractivity contribution in [3.8, 4) is 0 Å². The monoisotopic (exact) mass is 200 g/mol. The van der Waals surface area contributed by atoms with Crippen LogP contribution in [-0.4, -0.2) is 17.5 Å². The fraction of sp³-hybridized carbons (Fsp3) is 0.154. The van der Waals surface area contributed by atoms with Gasteiger partial charge in [0.05, 0.1) is 0 Å². The summed E-state index contributed by atoms with van der Waals surface area (Å²) in [5.41, 5.74) is 1.01. The van der Waals surface area contributed by atoms with Gasteiger partial charge in [0, 0.05) is 6.42 Å². The van der Waals surface area contributed by atoms with Crippen molar-refractivity contribution in [2.75, 3.05) is 0 Å². The summed E-state index contributed by atoms with van der Waals surface area (Å²) in [6.45, 7) is 0. The van der Waals surface area contributed by atoms with Gasteiger partial charge < -0.3 is 9.90 Å².